The smallest absolute Gasteiger partial charge is 0.315 e. The third-order valence-electron chi connectivity index (χ3n) is 4.93. The van der Waals surface area contributed by atoms with Crippen molar-refractivity contribution in [1.29, 1.82) is 0 Å². The SMILES string of the molecule is CCN1CCCC1CNC(=O)NC1CC(=O)N(c2ccccc2)C1. The molecule has 2 fully saturated rings. The molecule has 2 atom stereocenters. The van der Waals surface area contributed by atoms with Gasteiger partial charge in [0.1, 0.15) is 0 Å². The van der Waals surface area contributed by atoms with Crippen molar-refractivity contribution in [3.63, 3.8) is 0 Å². The lowest BCUT2D eigenvalue weighted by molar-refractivity contribution is -0.117. The minimum absolute atomic E-state index is 0.0550. The van der Waals surface area contributed by atoms with Crippen molar-refractivity contribution in [2.45, 2.75) is 38.3 Å². The van der Waals surface area contributed by atoms with E-state index in [0.717, 1.165) is 25.2 Å². The van der Waals surface area contributed by atoms with Gasteiger partial charge in [-0.15, -0.1) is 0 Å². The molecule has 0 radical (unpaired) electrons. The monoisotopic (exact) mass is 330 g/mol. The fourth-order valence-corrected chi connectivity index (χ4v) is 3.65. The van der Waals surface area contributed by atoms with Gasteiger partial charge in [0.2, 0.25) is 5.91 Å². The number of amides is 3. The second-order valence-electron chi connectivity index (χ2n) is 6.52. The summed E-state index contributed by atoms with van der Waals surface area (Å²) in [5.74, 6) is 0.0550. The van der Waals surface area contributed by atoms with E-state index in [4.69, 9.17) is 0 Å². The number of nitrogens with one attached hydrogen (secondary N) is 2. The summed E-state index contributed by atoms with van der Waals surface area (Å²) in [6, 6.07) is 9.71. The highest BCUT2D eigenvalue weighted by Gasteiger charge is 2.31. The van der Waals surface area contributed by atoms with Crippen LogP contribution in [0.4, 0.5) is 10.5 Å². The van der Waals surface area contributed by atoms with Crippen molar-refractivity contribution in [2.75, 3.05) is 31.1 Å². The lowest BCUT2D eigenvalue weighted by atomic mass is 10.2. The number of carbonyl (C=O) groups excluding carboxylic acids is 2. The predicted molar refractivity (Wildman–Crippen MR) is 94.0 cm³/mol. The highest BCUT2D eigenvalue weighted by Crippen LogP contribution is 2.21. The molecule has 1 aromatic carbocycles. The second kappa shape index (κ2) is 7.66. The molecule has 130 valence electrons. The van der Waals surface area contributed by atoms with Gasteiger partial charge in [0.15, 0.2) is 0 Å². The van der Waals surface area contributed by atoms with Gasteiger partial charge >= 0.3 is 6.03 Å². The first-order valence-electron chi connectivity index (χ1n) is 8.81. The van der Waals surface area contributed by atoms with Crippen LogP contribution in [0.15, 0.2) is 30.3 Å². The molecule has 24 heavy (non-hydrogen) atoms. The van der Waals surface area contributed by atoms with Crippen molar-refractivity contribution in [2.24, 2.45) is 0 Å². The number of urea groups is 1. The number of hydrogen-bond donors (Lipinski definition) is 2. The Bertz CT molecular complexity index is 578. The van der Waals surface area contributed by atoms with Crippen molar-refractivity contribution in [1.82, 2.24) is 15.5 Å². The minimum Gasteiger partial charge on any atom is -0.337 e. The summed E-state index contributed by atoms with van der Waals surface area (Å²) in [5, 5.41) is 5.90. The second-order valence-corrected chi connectivity index (χ2v) is 6.52. The van der Waals surface area contributed by atoms with Gasteiger partial charge in [-0.2, -0.15) is 0 Å². The van der Waals surface area contributed by atoms with Crippen LogP contribution in [0, 0.1) is 0 Å². The largest absolute Gasteiger partial charge is 0.337 e. The van der Waals surface area contributed by atoms with E-state index in [1.54, 1.807) is 4.90 Å². The van der Waals surface area contributed by atoms with E-state index in [-0.39, 0.29) is 18.0 Å². The first-order valence-corrected chi connectivity index (χ1v) is 8.81. The lowest BCUT2D eigenvalue weighted by Crippen LogP contribution is -2.47. The lowest BCUT2D eigenvalue weighted by Gasteiger charge is -2.23. The number of likely N-dealkylation sites (tertiary alicyclic amines) is 1. The third kappa shape index (κ3) is 3.87. The number of nitrogens with zero attached hydrogens (tertiary/aromatic N) is 2. The Balaban J connectivity index is 1.46. The van der Waals surface area contributed by atoms with Crippen molar-refractivity contribution in [3.8, 4) is 0 Å². The van der Waals surface area contributed by atoms with Gasteiger partial charge in [0.05, 0.1) is 6.04 Å². The summed E-state index contributed by atoms with van der Waals surface area (Å²) >= 11 is 0. The fourth-order valence-electron chi connectivity index (χ4n) is 3.65. The van der Waals surface area contributed by atoms with E-state index in [0.29, 0.717) is 25.6 Å². The Hall–Kier alpha value is -2.08. The summed E-state index contributed by atoms with van der Waals surface area (Å²) in [4.78, 5) is 28.4. The summed E-state index contributed by atoms with van der Waals surface area (Å²) < 4.78 is 0. The summed E-state index contributed by atoms with van der Waals surface area (Å²) in [6.07, 6.45) is 2.69. The topological polar surface area (TPSA) is 64.7 Å². The Morgan fingerprint density at radius 3 is 2.83 bits per heavy atom. The zero-order valence-corrected chi connectivity index (χ0v) is 14.2. The maximum Gasteiger partial charge on any atom is 0.315 e. The molecule has 2 aliphatic rings. The van der Waals surface area contributed by atoms with E-state index in [2.05, 4.69) is 22.5 Å². The molecule has 2 saturated heterocycles. The number of likely N-dealkylation sites (N-methyl/N-ethyl adjacent to an activating group) is 1. The summed E-state index contributed by atoms with van der Waals surface area (Å²) in [6.45, 7) is 5.50. The summed E-state index contributed by atoms with van der Waals surface area (Å²) in [5.41, 5.74) is 0.886. The molecule has 1 aromatic rings. The zero-order valence-electron chi connectivity index (χ0n) is 14.2. The molecule has 6 nitrogen and oxygen atoms in total. The van der Waals surface area contributed by atoms with Gasteiger partial charge in [0.25, 0.3) is 0 Å². The van der Waals surface area contributed by atoms with Crippen LogP contribution in [0.2, 0.25) is 0 Å². The number of hydrogen-bond acceptors (Lipinski definition) is 3. The van der Waals surface area contributed by atoms with Gasteiger partial charge in [-0.1, -0.05) is 25.1 Å². The van der Waals surface area contributed by atoms with Crippen molar-refractivity contribution in [3.05, 3.63) is 30.3 Å². The van der Waals surface area contributed by atoms with Crippen LogP contribution in [-0.4, -0.2) is 55.1 Å². The highest BCUT2D eigenvalue weighted by molar-refractivity contribution is 5.96. The highest BCUT2D eigenvalue weighted by atomic mass is 16.2. The summed E-state index contributed by atoms with van der Waals surface area (Å²) in [7, 11) is 0. The van der Waals surface area contributed by atoms with Gasteiger partial charge in [-0.3, -0.25) is 9.69 Å². The van der Waals surface area contributed by atoms with Crippen molar-refractivity contribution >= 4 is 17.6 Å². The molecule has 0 aliphatic carbocycles. The standard InChI is InChI=1S/C18H26N4O2/c1-2-21-10-6-9-16(21)12-19-18(24)20-14-11-17(23)22(13-14)15-7-4-3-5-8-15/h3-5,7-8,14,16H,2,6,9-13H2,1H3,(H2,19,20,24). The minimum atomic E-state index is -0.175. The number of benzene rings is 1. The molecule has 0 saturated carbocycles. The molecular weight excluding hydrogens is 304 g/mol. The number of rotatable bonds is 5. The Kier molecular flexibility index (Phi) is 5.35. The molecular formula is C18H26N4O2. The Morgan fingerprint density at radius 1 is 1.29 bits per heavy atom. The molecule has 0 bridgehead atoms. The number of para-hydroxylation sites is 1. The molecule has 2 heterocycles. The molecule has 0 spiro atoms. The predicted octanol–water partition coefficient (Wildman–Crippen LogP) is 1.58. The molecule has 0 aromatic heterocycles. The fraction of sp³-hybridized carbons (Fsp3) is 0.556. The van der Waals surface area contributed by atoms with Crippen LogP contribution in [-0.2, 0) is 4.79 Å². The molecule has 6 heteroatoms. The molecule has 2 N–H and O–H groups in total. The van der Waals surface area contributed by atoms with Gasteiger partial charge in [-0.25, -0.2) is 4.79 Å². The van der Waals surface area contributed by atoms with Crippen LogP contribution in [0.3, 0.4) is 0 Å². The van der Waals surface area contributed by atoms with Crippen LogP contribution < -0.4 is 15.5 Å². The van der Waals surface area contributed by atoms with Crippen LogP contribution in [0.1, 0.15) is 26.2 Å². The zero-order chi connectivity index (χ0) is 16.9. The molecule has 2 aliphatic heterocycles. The van der Waals surface area contributed by atoms with Crippen LogP contribution >= 0.6 is 0 Å². The van der Waals surface area contributed by atoms with Crippen LogP contribution in [0.5, 0.6) is 0 Å². The van der Waals surface area contributed by atoms with Crippen LogP contribution in [0.25, 0.3) is 0 Å². The Labute approximate surface area is 143 Å². The first kappa shape index (κ1) is 16.8. The van der Waals surface area contributed by atoms with E-state index in [1.807, 2.05) is 30.3 Å². The Morgan fingerprint density at radius 2 is 2.08 bits per heavy atom. The van der Waals surface area contributed by atoms with E-state index in [1.165, 1.54) is 6.42 Å². The van der Waals surface area contributed by atoms with E-state index >= 15 is 0 Å². The number of anilines is 1. The average molecular weight is 330 g/mol. The van der Waals surface area contributed by atoms with E-state index < -0.39 is 0 Å². The molecule has 3 amide bonds. The maximum absolute atomic E-state index is 12.2. The van der Waals surface area contributed by atoms with E-state index in [9.17, 15) is 9.59 Å². The first-order chi connectivity index (χ1) is 11.7. The third-order valence-corrected chi connectivity index (χ3v) is 4.93. The maximum atomic E-state index is 12.2. The van der Waals surface area contributed by atoms with Gasteiger partial charge in [0, 0.05) is 31.2 Å². The molecule has 3 rings (SSSR count). The van der Waals surface area contributed by atoms with Crippen molar-refractivity contribution < 1.29 is 9.59 Å². The quantitative estimate of drug-likeness (QED) is 0.861. The normalized spacial score (nSPS) is 24.4. The van der Waals surface area contributed by atoms with Gasteiger partial charge < -0.3 is 15.5 Å². The van der Waals surface area contributed by atoms with Gasteiger partial charge in [-0.05, 0) is 38.1 Å². The average Bonchev–Trinajstić information content (AvgIpc) is 3.19. The molecule has 2 unspecified atom stereocenters. The number of carbonyl (C=O) groups is 2.